The summed E-state index contributed by atoms with van der Waals surface area (Å²) in [6.07, 6.45) is 2.34. The minimum atomic E-state index is -0.480. The molecule has 0 unspecified atom stereocenters. The molecule has 0 aromatic heterocycles. The van der Waals surface area contributed by atoms with E-state index in [0.717, 1.165) is 42.1 Å². The van der Waals surface area contributed by atoms with Gasteiger partial charge in [0.05, 0.1) is 17.7 Å². The van der Waals surface area contributed by atoms with E-state index in [1.807, 2.05) is 26.0 Å². The van der Waals surface area contributed by atoms with Crippen LogP contribution in [-0.4, -0.2) is 56.4 Å². The minimum Gasteiger partial charge on any atom is -0.491 e. The molecule has 6 nitrogen and oxygen atoms in total. The molecule has 0 radical (unpaired) electrons. The highest BCUT2D eigenvalue weighted by Crippen LogP contribution is 2.35. The van der Waals surface area contributed by atoms with E-state index in [1.165, 1.54) is 12.8 Å². The smallest absolute Gasteiger partial charge is 0.315 e. The Morgan fingerprint density at radius 1 is 1.03 bits per heavy atom. The van der Waals surface area contributed by atoms with Crippen molar-refractivity contribution in [1.29, 1.82) is 0 Å². The molecule has 3 aliphatic rings. The van der Waals surface area contributed by atoms with Crippen molar-refractivity contribution in [2.24, 2.45) is 5.92 Å². The Balaban J connectivity index is 1.36. The number of hydrogen-bond acceptors (Lipinski definition) is 4. The lowest BCUT2D eigenvalue weighted by molar-refractivity contribution is 0.0224. The highest BCUT2D eigenvalue weighted by atomic mass is 16.5. The molecule has 1 atom stereocenters. The molecule has 33 heavy (non-hydrogen) atoms. The fraction of sp³-hybridized carbons (Fsp3) is 0.519. The number of rotatable bonds is 8. The van der Waals surface area contributed by atoms with Gasteiger partial charge in [0.25, 0.3) is 0 Å². The van der Waals surface area contributed by atoms with Gasteiger partial charge in [-0.1, -0.05) is 36.4 Å². The van der Waals surface area contributed by atoms with Crippen LogP contribution in [-0.2, 0) is 10.3 Å². The second kappa shape index (κ2) is 9.74. The zero-order valence-electron chi connectivity index (χ0n) is 20.3. The van der Waals surface area contributed by atoms with E-state index in [-0.39, 0.29) is 11.6 Å². The molecular weight excluding hydrogens is 414 g/mol. The first-order valence-electron chi connectivity index (χ1n) is 11.9. The van der Waals surface area contributed by atoms with Crippen LogP contribution in [0.5, 0.6) is 5.75 Å². The van der Waals surface area contributed by atoms with Crippen LogP contribution in [0.4, 0.5) is 4.79 Å². The Morgan fingerprint density at radius 2 is 1.64 bits per heavy atom. The van der Waals surface area contributed by atoms with E-state index >= 15 is 0 Å². The quantitative estimate of drug-likeness (QED) is 0.584. The van der Waals surface area contributed by atoms with Crippen molar-refractivity contribution in [1.82, 2.24) is 15.5 Å². The van der Waals surface area contributed by atoms with Crippen molar-refractivity contribution >= 4 is 6.03 Å². The standard InChI is InChI=1S/C27H37N3O3/c1-26(2,28-25(31)29-27(3)19-30-15-13-23(27)14-16-30)22-9-5-20(6-10-22)21-7-11-24(12-8-21)33-18-17-32-4/h5-12,23H,13-19H2,1-4H3,(H2,28,29,31)/t27-/m1/s1. The molecule has 2 N–H and O–H groups in total. The van der Waals surface area contributed by atoms with Gasteiger partial charge >= 0.3 is 6.03 Å². The van der Waals surface area contributed by atoms with Gasteiger partial charge in [-0.05, 0) is 81.4 Å². The third-order valence-electron chi connectivity index (χ3n) is 7.22. The number of carbonyl (C=O) groups excluding carboxylic acids is 1. The molecule has 2 aromatic carbocycles. The number of nitrogens with one attached hydrogen (secondary N) is 2. The maximum Gasteiger partial charge on any atom is 0.315 e. The highest BCUT2D eigenvalue weighted by molar-refractivity contribution is 5.76. The van der Waals surface area contributed by atoms with Crippen molar-refractivity contribution in [2.75, 3.05) is 40.0 Å². The average Bonchev–Trinajstić information content (AvgIpc) is 2.79. The third kappa shape index (κ3) is 5.50. The molecule has 3 heterocycles. The predicted molar refractivity (Wildman–Crippen MR) is 132 cm³/mol. The number of carbonyl (C=O) groups is 1. The second-order valence-electron chi connectivity index (χ2n) is 10.1. The topological polar surface area (TPSA) is 62.8 Å². The summed E-state index contributed by atoms with van der Waals surface area (Å²) in [6, 6.07) is 16.4. The summed E-state index contributed by atoms with van der Waals surface area (Å²) in [6.45, 7) is 10.7. The van der Waals surface area contributed by atoms with E-state index in [4.69, 9.17) is 9.47 Å². The first kappa shape index (κ1) is 23.6. The Kier molecular flexibility index (Phi) is 6.96. The predicted octanol–water partition coefficient (Wildman–Crippen LogP) is 4.40. The number of urea groups is 1. The van der Waals surface area contributed by atoms with Crippen LogP contribution in [0.1, 0.15) is 39.2 Å². The molecule has 3 saturated heterocycles. The number of methoxy groups -OCH3 is 1. The molecule has 2 aromatic rings. The molecule has 3 fully saturated rings. The molecule has 0 spiro atoms. The van der Waals surface area contributed by atoms with Gasteiger partial charge in [-0.2, -0.15) is 0 Å². The van der Waals surface area contributed by atoms with Crippen LogP contribution in [0.15, 0.2) is 48.5 Å². The fourth-order valence-corrected chi connectivity index (χ4v) is 5.18. The molecule has 3 aliphatic heterocycles. The van der Waals surface area contributed by atoms with Crippen LogP contribution in [0, 0.1) is 5.92 Å². The van der Waals surface area contributed by atoms with Gasteiger partial charge in [0, 0.05) is 13.7 Å². The van der Waals surface area contributed by atoms with Gasteiger partial charge in [-0.3, -0.25) is 0 Å². The minimum absolute atomic E-state index is 0.0932. The van der Waals surface area contributed by atoms with E-state index in [0.29, 0.717) is 19.1 Å². The number of amides is 2. The SMILES string of the molecule is COCCOc1ccc(-c2ccc(C(C)(C)NC(=O)N[C@]3(C)CN4CCC3CC4)cc2)cc1. The Morgan fingerprint density at radius 3 is 2.18 bits per heavy atom. The Hall–Kier alpha value is -2.57. The largest absolute Gasteiger partial charge is 0.491 e. The summed E-state index contributed by atoms with van der Waals surface area (Å²) in [7, 11) is 1.66. The van der Waals surface area contributed by atoms with Gasteiger partial charge < -0.3 is 25.0 Å². The van der Waals surface area contributed by atoms with Gasteiger partial charge in [0.15, 0.2) is 0 Å². The summed E-state index contributed by atoms with van der Waals surface area (Å²) in [5.41, 5.74) is 2.69. The van der Waals surface area contributed by atoms with Crippen LogP contribution >= 0.6 is 0 Å². The van der Waals surface area contributed by atoms with E-state index in [2.05, 4.69) is 58.9 Å². The Labute approximate surface area is 197 Å². The molecule has 5 rings (SSSR count). The van der Waals surface area contributed by atoms with Crippen molar-refractivity contribution in [3.63, 3.8) is 0 Å². The second-order valence-corrected chi connectivity index (χ2v) is 10.1. The molecule has 0 aliphatic carbocycles. The number of hydrogen-bond donors (Lipinski definition) is 2. The summed E-state index contributed by atoms with van der Waals surface area (Å²) in [5.74, 6) is 1.40. The molecule has 0 saturated carbocycles. The van der Waals surface area contributed by atoms with Crippen LogP contribution < -0.4 is 15.4 Å². The maximum atomic E-state index is 12.9. The lowest BCUT2D eigenvalue weighted by atomic mass is 9.74. The monoisotopic (exact) mass is 451 g/mol. The van der Waals surface area contributed by atoms with Crippen molar-refractivity contribution < 1.29 is 14.3 Å². The van der Waals surface area contributed by atoms with Crippen molar-refractivity contribution in [2.45, 2.75) is 44.7 Å². The molecule has 178 valence electrons. The average molecular weight is 452 g/mol. The zero-order chi connectivity index (χ0) is 23.5. The van der Waals surface area contributed by atoms with E-state index < -0.39 is 5.54 Å². The van der Waals surface area contributed by atoms with E-state index in [1.54, 1.807) is 7.11 Å². The van der Waals surface area contributed by atoms with Gasteiger partial charge in [0.2, 0.25) is 0 Å². The maximum absolute atomic E-state index is 12.9. The summed E-state index contributed by atoms with van der Waals surface area (Å²) in [5, 5.41) is 6.50. The zero-order valence-corrected chi connectivity index (χ0v) is 20.3. The molecule has 6 heteroatoms. The summed E-state index contributed by atoms with van der Waals surface area (Å²) >= 11 is 0. The Bertz CT molecular complexity index is 934. The van der Waals surface area contributed by atoms with Gasteiger partial charge in [0.1, 0.15) is 12.4 Å². The highest BCUT2D eigenvalue weighted by Gasteiger charge is 2.44. The molecule has 2 amide bonds. The molecule has 2 bridgehead atoms. The van der Waals surface area contributed by atoms with Crippen molar-refractivity contribution in [3.8, 4) is 16.9 Å². The van der Waals surface area contributed by atoms with Gasteiger partial charge in [-0.25, -0.2) is 4.79 Å². The normalized spacial score (nSPS) is 24.4. The van der Waals surface area contributed by atoms with Crippen LogP contribution in [0.2, 0.25) is 0 Å². The van der Waals surface area contributed by atoms with E-state index in [9.17, 15) is 4.79 Å². The number of benzene rings is 2. The first-order chi connectivity index (χ1) is 15.8. The van der Waals surface area contributed by atoms with Crippen LogP contribution in [0.3, 0.4) is 0 Å². The number of nitrogens with zero attached hydrogens (tertiary/aromatic N) is 1. The van der Waals surface area contributed by atoms with Crippen molar-refractivity contribution in [3.05, 3.63) is 54.1 Å². The number of ether oxygens (including phenoxy) is 2. The lowest BCUT2D eigenvalue weighted by Crippen LogP contribution is -2.67. The lowest BCUT2D eigenvalue weighted by Gasteiger charge is -2.52. The summed E-state index contributed by atoms with van der Waals surface area (Å²) < 4.78 is 10.7. The first-order valence-corrected chi connectivity index (χ1v) is 11.9. The third-order valence-corrected chi connectivity index (χ3v) is 7.22. The summed E-state index contributed by atoms with van der Waals surface area (Å²) in [4.78, 5) is 15.4. The molecular formula is C27H37N3O3. The van der Waals surface area contributed by atoms with Crippen LogP contribution in [0.25, 0.3) is 11.1 Å². The number of piperidine rings is 3. The fourth-order valence-electron chi connectivity index (χ4n) is 5.18. The van der Waals surface area contributed by atoms with Gasteiger partial charge in [-0.15, -0.1) is 0 Å². The number of fused-ring (bicyclic) bond motifs is 3.